The maximum atomic E-state index is 11.8. The Kier molecular flexibility index (Phi) is 7.06. The van der Waals surface area contributed by atoms with Crippen molar-refractivity contribution in [3.63, 3.8) is 0 Å². The van der Waals surface area contributed by atoms with Crippen molar-refractivity contribution in [1.82, 2.24) is 5.32 Å². The number of nitro groups is 1. The topological polar surface area (TPSA) is 141 Å². The zero-order valence-corrected chi connectivity index (χ0v) is 14.2. The van der Waals surface area contributed by atoms with Crippen molar-refractivity contribution in [2.45, 2.75) is 12.8 Å². The van der Waals surface area contributed by atoms with Gasteiger partial charge in [0.25, 0.3) is 17.5 Å². The number of carbonyl (C=O) groups is 3. The molecule has 0 radical (unpaired) electrons. The first-order valence-corrected chi connectivity index (χ1v) is 7.98. The molecule has 0 aliphatic heterocycles. The molecule has 0 saturated carbocycles. The molecular weight excluding hydrogens is 358 g/mol. The number of nitrogens with zero attached hydrogens (tertiary/aromatic N) is 1. The quantitative estimate of drug-likeness (QED) is 0.295. The number of rotatable bonds is 9. The summed E-state index contributed by atoms with van der Waals surface area (Å²) >= 11 is 0. The van der Waals surface area contributed by atoms with E-state index in [-0.39, 0.29) is 30.1 Å². The molecule has 0 spiro atoms. The second-order valence-corrected chi connectivity index (χ2v) is 5.32. The van der Waals surface area contributed by atoms with E-state index in [1.165, 1.54) is 36.6 Å². The third kappa shape index (κ3) is 6.27. The molecule has 2 N–H and O–H groups in total. The third-order valence-electron chi connectivity index (χ3n) is 3.33. The van der Waals surface area contributed by atoms with Gasteiger partial charge in [0.05, 0.1) is 11.2 Å². The smallest absolute Gasteiger partial charge is 0.306 e. The van der Waals surface area contributed by atoms with E-state index in [2.05, 4.69) is 10.6 Å². The molecule has 10 nitrogen and oxygen atoms in total. The Labute approximate surface area is 153 Å². The van der Waals surface area contributed by atoms with Gasteiger partial charge in [-0.05, 0) is 24.6 Å². The molecule has 1 aromatic heterocycles. The van der Waals surface area contributed by atoms with Crippen molar-refractivity contribution < 1.29 is 28.5 Å². The summed E-state index contributed by atoms with van der Waals surface area (Å²) in [7, 11) is 0. The number of benzene rings is 1. The van der Waals surface area contributed by atoms with Crippen LogP contribution in [-0.4, -0.2) is 35.9 Å². The number of furan rings is 1. The van der Waals surface area contributed by atoms with Crippen LogP contribution in [0, 0.1) is 10.1 Å². The summed E-state index contributed by atoms with van der Waals surface area (Å²) in [5.41, 5.74) is -0.242. The largest absolute Gasteiger partial charge is 0.459 e. The van der Waals surface area contributed by atoms with E-state index in [1.54, 1.807) is 6.07 Å². The van der Waals surface area contributed by atoms with Crippen LogP contribution < -0.4 is 10.6 Å². The van der Waals surface area contributed by atoms with Crippen LogP contribution in [0.2, 0.25) is 0 Å². The minimum absolute atomic E-state index is 0.00278. The van der Waals surface area contributed by atoms with Crippen LogP contribution in [0.15, 0.2) is 47.1 Å². The van der Waals surface area contributed by atoms with Gasteiger partial charge in [0.15, 0.2) is 12.4 Å². The van der Waals surface area contributed by atoms with Crippen LogP contribution in [0.1, 0.15) is 23.4 Å². The first-order chi connectivity index (χ1) is 13.0. The average Bonchev–Trinajstić information content (AvgIpc) is 3.18. The van der Waals surface area contributed by atoms with Gasteiger partial charge in [0.1, 0.15) is 5.69 Å². The van der Waals surface area contributed by atoms with Crippen molar-refractivity contribution in [2.75, 3.05) is 18.5 Å². The number of esters is 1. The molecule has 0 aliphatic rings. The number of hydrogen-bond donors (Lipinski definition) is 2. The molecule has 0 bridgehead atoms. The Bertz CT molecular complexity index is 818. The highest BCUT2D eigenvalue weighted by Gasteiger charge is 2.15. The van der Waals surface area contributed by atoms with Crippen molar-refractivity contribution in [3.05, 3.63) is 58.5 Å². The number of ether oxygens (including phenoxy) is 1. The molecule has 142 valence electrons. The number of nitrogens with one attached hydrogen (secondary N) is 2. The SMILES string of the molecule is O=C(COC(=O)CCCNC(=O)c1ccco1)Nc1ccccc1[N+](=O)[O-]. The molecule has 2 aromatic rings. The van der Waals surface area contributed by atoms with Gasteiger partial charge in [-0.3, -0.25) is 24.5 Å². The van der Waals surface area contributed by atoms with Crippen molar-refractivity contribution in [1.29, 1.82) is 0 Å². The normalized spacial score (nSPS) is 10.1. The third-order valence-corrected chi connectivity index (χ3v) is 3.33. The Morgan fingerprint density at radius 3 is 2.63 bits per heavy atom. The molecule has 27 heavy (non-hydrogen) atoms. The molecule has 2 rings (SSSR count). The van der Waals surface area contributed by atoms with E-state index in [1.807, 2.05) is 0 Å². The molecule has 0 aliphatic carbocycles. The van der Waals surface area contributed by atoms with Gasteiger partial charge in [-0.25, -0.2) is 0 Å². The molecular formula is C17H17N3O7. The van der Waals surface area contributed by atoms with Crippen molar-refractivity contribution >= 4 is 29.2 Å². The van der Waals surface area contributed by atoms with E-state index in [9.17, 15) is 24.5 Å². The molecule has 0 saturated heterocycles. The monoisotopic (exact) mass is 375 g/mol. The minimum Gasteiger partial charge on any atom is -0.459 e. The van der Waals surface area contributed by atoms with Gasteiger partial charge in [-0.1, -0.05) is 12.1 Å². The number of para-hydroxylation sites is 2. The summed E-state index contributed by atoms with van der Waals surface area (Å²) in [6, 6.07) is 8.73. The van der Waals surface area contributed by atoms with Crippen LogP contribution >= 0.6 is 0 Å². The lowest BCUT2D eigenvalue weighted by Gasteiger charge is -2.07. The van der Waals surface area contributed by atoms with Gasteiger partial charge in [-0.15, -0.1) is 0 Å². The Balaban J connectivity index is 1.66. The number of hydrogen-bond acceptors (Lipinski definition) is 7. The van der Waals surface area contributed by atoms with Crippen LogP contribution in [0.3, 0.4) is 0 Å². The maximum absolute atomic E-state index is 11.8. The Hall–Kier alpha value is -3.69. The van der Waals surface area contributed by atoms with Crippen LogP contribution in [0.25, 0.3) is 0 Å². The lowest BCUT2D eigenvalue weighted by atomic mass is 10.2. The minimum atomic E-state index is -0.691. The molecule has 10 heteroatoms. The summed E-state index contributed by atoms with van der Waals surface area (Å²) in [4.78, 5) is 45.2. The highest BCUT2D eigenvalue weighted by atomic mass is 16.6. The first-order valence-electron chi connectivity index (χ1n) is 7.98. The standard InChI is InChI=1S/C17H17N3O7/c21-15(19-12-5-1-2-6-13(12)20(24)25)11-27-16(22)8-3-9-18-17(23)14-7-4-10-26-14/h1-2,4-7,10H,3,8-9,11H2,(H,18,23)(H,19,21). The summed E-state index contributed by atoms with van der Waals surface area (Å²) < 4.78 is 9.72. The van der Waals surface area contributed by atoms with Gasteiger partial charge in [0, 0.05) is 19.0 Å². The second-order valence-electron chi connectivity index (χ2n) is 5.32. The van der Waals surface area contributed by atoms with Gasteiger partial charge < -0.3 is 19.8 Å². The van der Waals surface area contributed by atoms with Crippen LogP contribution in [0.5, 0.6) is 0 Å². The van der Waals surface area contributed by atoms with E-state index in [0.717, 1.165) is 0 Å². The summed E-state index contributed by atoms with van der Waals surface area (Å²) in [5, 5.41) is 15.8. The van der Waals surface area contributed by atoms with Crippen molar-refractivity contribution in [3.8, 4) is 0 Å². The Morgan fingerprint density at radius 2 is 1.93 bits per heavy atom. The fraction of sp³-hybridized carbons (Fsp3) is 0.235. The lowest BCUT2D eigenvalue weighted by Crippen LogP contribution is -2.25. The number of amides is 2. The number of nitro benzene ring substituents is 1. The average molecular weight is 375 g/mol. The predicted octanol–water partition coefficient (Wildman–Crippen LogP) is 1.88. The van der Waals surface area contributed by atoms with E-state index in [4.69, 9.17) is 9.15 Å². The fourth-order valence-corrected chi connectivity index (χ4v) is 2.07. The van der Waals surface area contributed by atoms with Crippen molar-refractivity contribution in [2.24, 2.45) is 0 Å². The van der Waals surface area contributed by atoms with Gasteiger partial charge in [-0.2, -0.15) is 0 Å². The molecule has 1 aromatic carbocycles. The highest BCUT2D eigenvalue weighted by molar-refractivity contribution is 5.94. The van der Waals surface area contributed by atoms with E-state index in [0.29, 0.717) is 6.42 Å². The molecule has 2 amide bonds. The zero-order chi connectivity index (χ0) is 19.6. The summed E-state index contributed by atoms with van der Waals surface area (Å²) in [6.45, 7) is -0.333. The van der Waals surface area contributed by atoms with Gasteiger partial charge >= 0.3 is 5.97 Å². The summed E-state index contributed by atoms with van der Waals surface area (Å²) in [6.07, 6.45) is 1.69. The number of carbonyl (C=O) groups excluding carboxylic acids is 3. The van der Waals surface area contributed by atoms with Gasteiger partial charge in [0.2, 0.25) is 0 Å². The molecule has 0 atom stereocenters. The highest BCUT2D eigenvalue weighted by Crippen LogP contribution is 2.22. The Morgan fingerprint density at radius 1 is 1.15 bits per heavy atom. The van der Waals surface area contributed by atoms with E-state index < -0.39 is 29.3 Å². The second kappa shape index (κ2) is 9.70. The van der Waals surface area contributed by atoms with Crippen LogP contribution in [0.4, 0.5) is 11.4 Å². The molecule has 0 fully saturated rings. The summed E-state index contributed by atoms with van der Waals surface area (Å²) in [5.74, 6) is -1.54. The maximum Gasteiger partial charge on any atom is 0.306 e. The zero-order valence-electron chi connectivity index (χ0n) is 14.2. The van der Waals surface area contributed by atoms with E-state index >= 15 is 0 Å². The lowest BCUT2D eigenvalue weighted by molar-refractivity contribution is -0.383. The van der Waals surface area contributed by atoms with Crippen LogP contribution in [-0.2, 0) is 14.3 Å². The first kappa shape index (κ1) is 19.6. The fourth-order valence-electron chi connectivity index (χ4n) is 2.07. The molecule has 0 unspecified atom stereocenters. The predicted molar refractivity (Wildman–Crippen MR) is 93.0 cm³/mol. The molecule has 1 heterocycles. The number of anilines is 1.